The molecule has 0 aliphatic rings. The van der Waals surface area contributed by atoms with E-state index in [2.05, 4.69) is 0 Å². The first-order valence-electron chi connectivity index (χ1n) is 5.77. The van der Waals surface area contributed by atoms with Gasteiger partial charge in [-0.25, -0.2) is 13.2 Å². The summed E-state index contributed by atoms with van der Waals surface area (Å²) >= 11 is 0.871. The van der Waals surface area contributed by atoms with E-state index in [0.717, 1.165) is 15.6 Å². The molecule has 0 bridgehead atoms. The van der Waals surface area contributed by atoms with Gasteiger partial charge in [0.05, 0.1) is 13.2 Å². The molecule has 0 radical (unpaired) electrons. The summed E-state index contributed by atoms with van der Waals surface area (Å²) in [6.07, 6.45) is 0. The van der Waals surface area contributed by atoms with Crippen LogP contribution in [0, 0.1) is 6.92 Å². The average Bonchev–Trinajstić information content (AvgIpc) is 2.77. The van der Waals surface area contributed by atoms with Gasteiger partial charge in [-0.05, 0) is 17.9 Å². The van der Waals surface area contributed by atoms with Gasteiger partial charge in [-0.1, -0.05) is 0 Å². The Balaban J connectivity index is 3.25. The first-order valence-corrected chi connectivity index (χ1v) is 8.09. The van der Waals surface area contributed by atoms with Crippen molar-refractivity contribution in [3.05, 3.63) is 15.8 Å². The molecule has 0 saturated heterocycles. The third kappa shape index (κ3) is 3.55. The van der Waals surface area contributed by atoms with Crippen LogP contribution >= 0.6 is 11.3 Å². The number of aromatic carboxylic acids is 1. The number of ether oxygens (including phenoxy) is 1. The third-order valence-corrected chi connectivity index (χ3v) is 5.91. The normalized spacial score (nSPS) is 12.0. The van der Waals surface area contributed by atoms with Crippen molar-refractivity contribution >= 4 is 27.3 Å². The standard InChI is InChI=1S/C11H17NO6S2/c1-8-7-19-9(11(14)15)10(8)20(16,17)12(3-5-13)4-6-18-2/h7,13H,3-6H2,1-2H3,(H,14,15). The smallest absolute Gasteiger partial charge is 0.347 e. The van der Waals surface area contributed by atoms with Gasteiger partial charge in [0.25, 0.3) is 0 Å². The molecule has 2 N–H and O–H groups in total. The number of hydrogen-bond donors (Lipinski definition) is 2. The van der Waals surface area contributed by atoms with Gasteiger partial charge in [-0.2, -0.15) is 4.31 Å². The monoisotopic (exact) mass is 323 g/mol. The van der Waals surface area contributed by atoms with Crippen LogP contribution in [0.3, 0.4) is 0 Å². The van der Waals surface area contributed by atoms with Crippen molar-refractivity contribution in [3.63, 3.8) is 0 Å². The minimum absolute atomic E-state index is 0.0493. The molecule has 0 unspecified atom stereocenters. The summed E-state index contributed by atoms with van der Waals surface area (Å²) in [6, 6.07) is 0. The lowest BCUT2D eigenvalue weighted by Crippen LogP contribution is -2.36. The molecule has 0 aliphatic heterocycles. The molecule has 1 heterocycles. The van der Waals surface area contributed by atoms with Crippen molar-refractivity contribution in [2.75, 3.05) is 33.4 Å². The van der Waals surface area contributed by atoms with E-state index in [1.807, 2.05) is 0 Å². The topological polar surface area (TPSA) is 104 Å². The van der Waals surface area contributed by atoms with Crippen molar-refractivity contribution in [1.29, 1.82) is 0 Å². The summed E-state index contributed by atoms with van der Waals surface area (Å²) in [5, 5.41) is 19.6. The Morgan fingerprint density at radius 1 is 1.45 bits per heavy atom. The molecule has 0 aliphatic carbocycles. The van der Waals surface area contributed by atoms with Crippen molar-refractivity contribution in [3.8, 4) is 0 Å². The van der Waals surface area contributed by atoms with Gasteiger partial charge in [0.15, 0.2) is 0 Å². The molecular formula is C11H17NO6S2. The summed E-state index contributed by atoms with van der Waals surface area (Å²) < 4.78 is 30.9. The maximum Gasteiger partial charge on any atom is 0.347 e. The number of nitrogens with zero attached hydrogens (tertiary/aromatic N) is 1. The molecule has 1 aromatic rings. The second-order valence-corrected chi connectivity index (χ2v) is 6.76. The highest BCUT2D eigenvalue weighted by Gasteiger charge is 2.31. The number of rotatable bonds is 8. The molecule has 0 fully saturated rings. The maximum atomic E-state index is 12.5. The van der Waals surface area contributed by atoms with Crippen molar-refractivity contribution in [1.82, 2.24) is 4.31 Å². The molecule has 20 heavy (non-hydrogen) atoms. The van der Waals surface area contributed by atoms with Gasteiger partial charge >= 0.3 is 5.97 Å². The van der Waals surface area contributed by atoms with Gasteiger partial charge in [-0.15, -0.1) is 11.3 Å². The SMILES string of the molecule is COCCN(CCO)S(=O)(=O)c1c(C)csc1C(=O)O. The van der Waals surface area contributed by atoms with E-state index < -0.39 is 16.0 Å². The highest BCUT2D eigenvalue weighted by Crippen LogP contribution is 2.29. The summed E-state index contributed by atoms with van der Waals surface area (Å²) in [5.41, 5.74) is 0.382. The zero-order chi connectivity index (χ0) is 15.3. The van der Waals surface area contributed by atoms with E-state index in [-0.39, 0.29) is 36.1 Å². The Morgan fingerprint density at radius 3 is 2.60 bits per heavy atom. The van der Waals surface area contributed by atoms with Crippen LogP contribution in [-0.2, 0) is 14.8 Å². The highest BCUT2D eigenvalue weighted by molar-refractivity contribution is 7.89. The molecule has 1 rings (SSSR count). The number of sulfonamides is 1. The Labute approximate surface area is 121 Å². The fourth-order valence-corrected chi connectivity index (χ4v) is 4.69. The van der Waals surface area contributed by atoms with Gasteiger partial charge in [0.2, 0.25) is 10.0 Å². The average molecular weight is 323 g/mol. The summed E-state index contributed by atoms with van der Waals surface area (Å²) in [5.74, 6) is -1.28. The fourth-order valence-electron chi connectivity index (χ4n) is 1.69. The first-order chi connectivity index (χ1) is 9.36. The van der Waals surface area contributed by atoms with Crippen molar-refractivity contribution in [2.24, 2.45) is 0 Å². The fraction of sp³-hybridized carbons (Fsp3) is 0.545. The number of aryl methyl sites for hydroxylation is 1. The third-order valence-electron chi connectivity index (χ3n) is 2.60. The van der Waals surface area contributed by atoms with Crippen LogP contribution in [0.4, 0.5) is 0 Å². The van der Waals surface area contributed by atoms with Gasteiger partial charge in [0, 0.05) is 20.2 Å². The number of carbonyl (C=O) groups is 1. The lowest BCUT2D eigenvalue weighted by atomic mass is 10.3. The van der Waals surface area contributed by atoms with Gasteiger partial charge in [0.1, 0.15) is 9.77 Å². The summed E-state index contributed by atoms with van der Waals surface area (Å²) in [4.78, 5) is 10.7. The predicted octanol–water partition coefficient (Wildman–Crippen LogP) is 0.384. The Morgan fingerprint density at radius 2 is 2.10 bits per heavy atom. The molecule has 0 amide bonds. The molecule has 0 saturated carbocycles. The summed E-state index contributed by atoms with van der Waals surface area (Å²) in [7, 11) is -2.54. The largest absolute Gasteiger partial charge is 0.477 e. The van der Waals surface area contributed by atoms with Crippen LogP contribution in [0.25, 0.3) is 0 Å². The summed E-state index contributed by atoms with van der Waals surface area (Å²) in [6.45, 7) is 1.29. The van der Waals surface area contributed by atoms with Crippen molar-refractivity contribution in [2.45, 2.75) is 11.8 Å². The lowest BCUT2D eigenvalue weighted by molar-refractivity contribution is 0.0698. The Kier molecular flexibility index (Phi) is 6.08. The predicted molar refractivity (Wildman–Crippen MR) is 73.7 cm³/mol. The van der Waals surface area contributed by atoms with Crippen LogP contribution in [-0.4, -0.2) is 62.3 Å². The number of aliphatic hydroxyl groups excluding tert-OH is 1. The molecule has 0 aromatic carbocycles. The molecule has 7 nitrogen and oxygen atoms in total. The molecule has 114 valence electrons. The minimum atomic E-state index is -3.98. The van der Waals surface area contributed by atoms with Crippen LogP contribution in [0.5, 0.6) is 0 Å². The second-order valence-electron chi connectivity index (χ2n) is 4.00. The van der Waals surface area contributed by atoms with Gasteiger partial charge in [-0.3, -0.25) is 0 Å². The number of thiophene rings is 1. The lowest BCUT2D eigenvalue weighted by Gasteiger charge is -2.21. The van der Waals surface area contributed by atoms with E-state index in [0.29, 0.717) is 5.56 Å². The number of methoxy groups -OCH3 is 1. The second kappa shape index (κ2) is 7.14. The molecule has 0 spiro atoms. The van der Waals surface area contributed by atoms with E-state index in [4.69, 9.17) is 14.9 Å². The molecular weight excluding hydrogens is 306 g/mol. The van der Waals surface area contributed by atoms with Crippen LogP contribution in [0.15, 0.2) is 10.3 Å². The first kappa shape index (κ1) is 17.1. The number of aliphatic hydroxyl groups is 1. The van der Waals surface area contributed by atoms with Crippen LogP contribution in [0.2, 0.25) is 0 Å². The number of hydrogen-bond acceptors (Lipinski definition) is 6. The van der Waals surface area contributed by atoms with E-state index in [9.17, 15) is 13.2 Å². The van der Waals surface area contributed by atoms with Gasteiger partial charge < -0.3 is 14.9 Å². The van der Waals surface area contributed by atoms with Crippen molar-refractivity contribution < 1.29 is 28.2 Å². The minimum Gasteiger partial charge on any atom is -0.477 e. The molecule has 1 aromatic heterocycles. The maximum absolute atomic E-state index is 12.5. The molecule has 0 atom stereocenters. The Hall–Kier alpha value is -1.00. The molecule has 9 heteroatoms. The van der Waals surface area contributed by atoms with Crippen LogP contribution < -0.4 is 0 Å². The quantitative estimate of drug-likeness (QED) is 0.717. The zero-order valence-corrected chi connectivity index (χ0v) is 12.8. The number of carboxylic acids is 1. The highest BCUT2D eigenvalue weighted by atomic mass is 32.2. The Bertz CT molecular complexity index is 565. The van der Waals surface area contributed by atoms with E-state index in [1.54, 1.807) is 6.92 Å². The van der Waals surface area contributed by atoms with E-state index >= 15 is 0 Å². The number of carboxylic acid groups (broad SMARTS) is 1. The van der Waals surface area contributed by atoms with E-state index in [1.165, 1.54) is 12.5 Å². The van der Waals surface area contributed by atoms with Crippen LogP contribution in [0.1, 0.15) is 15.2 Å². The zero-order valence-electron chi connectivity index (χ0n) is 11.2.